The van der Waals surface area contributed by atoms with Gasteiger partial charge in [0.15, 0.2) is 0 Å². The zero-order valence-corrected chi connectivity index (χ0v) is 10.7. The molecule has 1 unspecified atom stereocenters. The maximum Gasteiger partial charge on any atom is 0.220 e. The van der Waals surface area contributed by atoms with Crippen LogP contribution in [0.5, 0.6) is 0 Å². The molecule has 16 heavy (non-hydrogen) atoms. The summed E-state index contributed by atoms with van der Waals surface area (Å²) in [6.45, 7) is 3.05. The van der Waals surface area contributed by atoms with E-state index in [1.807, 2.05) is 11.8 Å². The van der Waals surface area contributed by atoms with E-state index < -0.39 is 0 Å². The molecule has 2 heterocycles. The Morgan fingerprint density at radius 1 is 1.25 bits per heavy atom. The molecule has 2 aliphatic heterocycles. The first kappa shape index (κ1) is 12.2. The van der Waals surface area contributed by atoms with Crippen LogP contribution in [-0.4, -0.2) is 37.0 Å². The second-order valence-corrected chi connectivity index (χ2v) is 6.15. The van der Waals surface area contributed by atoms with Crippen LogP contribution in [0.2, 0.25) is 0 Å². The first-order valence-corrected chi connectivity index (χ1v) is 7.55. The van der Waals surface area contributed by atoms with E-state index in [9.17, 15) is 4.79 Å². The second kappa shape index (κ2) is 6.50. The Morgan fingerprint density at radius 2 is 2.06 bits per heavy atom. The third kappa shape index (κ3) is 3.98. The maximum atomic E-state index is 11.7. The van der Waals surface area contributed by atoms with Crippen molar-refractivity contribution in [3.05, 3.63) is 0 Å². The molecule has 0 aromatic heterocycles. The van der Waals surface area contributed by atoms with Gasteiger partial charge in [0.25, 0.3) is 0 Å². The quantitative estimate of drug-likeness (QED) is 0.779. The summed E-state index contributed by atoms with van der Waals surface area (Å²) in [4.78, 5) is 11.7. The number of carbonyl (C=O) groups is 1. The zero-order valence-electron chi connectivity index (χ0n) is 9.84. The summed E-state index contributed by atoms with van der Waals surface area (Å²) in [5.41, 5.74) is 0. The van der Waals surface area contributed by atoms with Crippen LogP contribution in [0.3, 0.4) is 0 Å². The fraction of sp³-hybridized carbons (Fsp3) is 0.917. The third-order valence-corrected chi connectivity index (χ3v) is 4.61. The number of hydrogen-bond acceptors (Lipinski definition) is 3. The fourth-order valence-corrected chi connectivity index (χ4v) is 3.64. The van der Waals surface area contributed by atoms with E-state index in [4.69, 9.17) is 0 Å². The Kier molecular flexibility index (Phi) is 4.97. The Labute approximate surface area is 102 Å². The van der Waals surface area contributed by atoms with Gasteiger partial charge in [0, 0.05) is 13.0 Å². The number of amides is 1. The molecule has 2 fully saturated rings. The smallest absolute Gasteiger partial charge is 0.220 e. The average Bonchev–Trinajstić information content (AvgIpc) is 2.81. The molecular formula is C12H22N2OS. The van der Waals surface area contributed by atoms with E-state index >= 15 is 0 Å². The lowest BCUT2D eigenvalue weighted by Gasteiger charge is -2.21. The molecule has 2 N–H and O–H groups in total. The van der Waals surface area contributed by atoms with Crippen molar-refractivity contribution in [2.45, 2.75) is 25.7 Å². The summed E-state index contributed by atoms with van der Waals surface area (Å²) in [7, 11) is 0. The topological polar surface area (TPSA) is 41.1 Å². The molecule has 4 heteroatoms. The second-order valence-electron chi connectivity index (χ2n) is 4.92. The Hall–Kier alpha value is -0.220. The molecule has 0 aliphatic carbocycles. The molecule has 1 amide bonds. The van der Waals surface area contributed by atoms with Crippen LogP contribution in [0.1, 0.15) is 25.7 Å². The normalized spacial score (nSPS) is 26.9. The van der Waals surface area contributed by atoms with Crippen LogP contribution in [0.25, 0.3) is 0 Å². The lowest BCUT2D eigenvalue weighted by molar-refractivity contribution is -0.122. The van der Waals surface area contributed by atoms with E-state index in [2.05, 4.69) is 10.6 Å². The van der Waals surface area contributed by atoms with E-state index in [1.165, 1.54) is 30.8 Å². The van der Waals surface area contributed by atoms with E-state index in [0.29, 0.717) is 11.8 Å². The molecule has 0 bridgehead atoms. The van der Waals surface area contributed by atoms with Crippen LogP contribution < -0.4 is 10.6 Å². The highest BCUT2D eigenvalue weighted by molar-refractivity contribution is 7.99. The average molecular weight is 242 g/mol. The molecule has 92 valence electrons. The summed E-state index contributed by atoms with van der Waals surface area (Å²) < 4.78 is 0. The van der Waals surface area contributed by atoms with Crippen molar-refractivity contribution in [2.24, 2.45) is 11.8 Å². The van der Waals surface area contributed by atoms with Crippen LogP contribution >= 0.6 is 11.8 Å². The van der Waals surface area contributed by atoms with Crippen molar-refractivity contribution in [1.82, 2.24) is 10.6 Å². The molecule has 0 radical (unpaired) electrons. The third-order valence-electron chi connectivity index (χ3n) is 3.57. The van der Waals surface area contributed by atoms with Gasteiger partial charge in [-0.1, -0.05) is 0 Å². The summed E-state index contributed by atoms with van der Waals surface area (Å²) >= 11 is 2.02. The molecule has 0 spiro atoms. The molecule has 1 atom stereocenters. The predicted octanol–water partition coefficient (Wildman–Crippen LogP) is 1.25. The number of hydrogen-bond donors (Lipinski definition) is 2. The molecular weight excluding hydrogens is 220 g/mol. The molecule has 2 rings (SSSR count). The maximum absolute atomic E-state index is 11.7. The van der Waals surface area contributed by atoms with E-state index in [1.54, 1.807) is 0 Å². The molecule has 0 aromatic carbocycles. The first-order valence-electron chi connectivity index (χ1n) is 6.40. The van der Waals surface area contributed by atoms with Crippen molar-refractivity contribution in [3.8, 4) is 0 Å². The van der Waals surface area contributed by atoms with Crippen LogP contribution in [0.4, 0.5) is 0 Å². The molecule has 0 aromatic rings. The highest BCUT2D eigenvalue weighted by atomic mass is 32.2. The summed E-state index contributed by atoms with van der Waals surface area (Å²) in [5, 5.41) is 6.41. The number of carbonyl (C=O) groups excluding carboxylic acids is 1. The molecule has 2 aliphatic rings. The van der Waals surface area contributed by atoms with Crippen molar-refractivity contribution in [1.29, 1.82) is 0 Å². The Bertz CT molecular complexity index is 223. The highest BCUT2D eigenvalue weighted by Crippen LogP contribution is 2.25. The minimum absolute atomic E-state index is 0.267. The van der Waals surface area contributed by atoms with Gasteiger partial charge in [-0.05, 0) is 55.7 Å². The van der Waals surface area contributed by atoms with Gasteiger partial charge in [-0.3, -0.25) is 4.79 Å². The monoisotopic (exact) mass is 242 g/mol. The summed E-state index contributed by atoms with van der Waals surface area (Å²) in [5.74, 6) is 4.05. The number of nitrogens with one attached hydrogen (secondary N) is 2. The predicted molar refractivity (Wildman–Crippen MR) is 68.7 cm³/mol. The number of thioether (sulfide) groups is 1. The molecule has 3 nitrogen and oxygen atoms in total. The van der Waals surface area contributed by atoms with Crippen LogP contribution in [0, 0.1) is 11.8 Å². The Morgan fingerprint density at radius 3 is 2.75 bits per heavy atom. The largest absolute Gasteiger partial charge is 0.356 e. The number of rotatable bonds is 4. The van der Waals surface area contributed by atoms with Gasteiger partial charge in [-0.25, -0.2) is 0 Å². The van der Waals surface area contributed by atoms with Crippen LogP contribution in [0.15, 0.2) is 0 Å². The lowest BCUT2D eigenvalue weighted by Crippen LogP contribution is -2.32. The first-order chi connectivity index (χ1) is 7.84. The van der Waals surface area contributed by atoms with Crippen molar-refractivity contribution in [3.63, 3.8) is 0 Å². The molecule has 0 saturated carbocycles. The van der Waals surface area contributed by atoms with Gasteiger partial charge in [0.05, 0.1) is 0 Å². The summed E-state index contributed by atoms with van der Waals surface area (Å²) in [6, 6.07) is 0. The van der Waals surface area contributed by atoms with Crippen molar-refractivity contribution >= 4 is 17.7 Å². The van der Waals surface area contributed by atoms with Gasteiger partial charge in [0.2, 0.25) is 5.91 Å². The van der Waals surface area contributed by atoms with E-state index in [-0.39, 0.29) is 5.91 Å². The fourth-order valence-electron chi connectivity index (χ4n) is 2.43. The minimum atomic E-state index is 0.267. The van der Waals surface area contributed by atoms with Crippen LogP contribution in [-0.2, 0) is 4.79 Å². The van der Waals surface area contributed by atoms with Gasteiger partial charge in [-0.2, -0.15) is 11.8 Å². The standard InChI is InChI=1S/C12H22N2OS/c15-12(7-10-2-5-16-6-3-10)14-9-11-1-4-13-8-11/h10-11,13H,1-9H2,(H,14,15). The van der Waals surface area contributed by atoms with Gasteiger partial charge >= 0.3 is 0 Å². The lowest BCUT2D eigenvalue weighted by atomic mass is 9.98. The van der Waals surface area contributed by atoms with Gasteiger partial charge < -0.3 is 10.6 Å². The Balaban J connectivity index is 1.59. The zero-order chi connectivity index (χ0) is 11.2. The minimum Gasteiger partial charge on any atom is -0.356 e. The molecule has 2 saturated heterocycles. The van der Waals surface area contributed by atoms with Gasteiger partial charge in [0.1, 0.15) is 0 Å². The highest BCUT2D eigenvalue weighted by Gasteiger charge is 2.19. The van der Waals surface area contributed by atoms with Crippen molar-refractivity contribution in [2.75, 3.05) is 31.1 Å². The van der Waals surface area contributed by atoms with E-state index in [0.717, 1.165) is 26.1 Å². The SMILES string of the molecule is O=C(CC1CCSCC1)NCC1CCNC1. The van der Waals surface area contributed by atoms with Crippen molar-refractivity contribution < 1.29 is 4.79 Å². The summed E-state index contributed by atoms with van der Waals surface area (Å²) in [6.07, 6.45) is 4.41. The van der Waals surface area contributed by atoms with Gasteiger partial charge in [-0.15, -0.1) is 0 Å².